The van der Waals surface area contributed by atoms with E-state index >= 15 is 0 Å². The minimum atomic E-state index is -4.31. The molecule has 0 fully saturated rings. The van der Waals surface area contributed by atoms with E-state index in [1.165, 1.54) is 45.3 Å². The highest BCUT2D eigenvalue weighted by molar-refractivity contribution is 7.90. The van der Waals surface area contributed by atoms with Crippen LogP contribution in [-0.2, 0) is 31.3 Å². The second kappa shape index (κ2) is 7.49. The van der Waals surface area contributed by atoms with Gasteiger partial charge in [-0.25, -0.2) is 29.5 Å². The molecule has 1 heterocycles. The van der Waals surface area contributed by atoms with Gasteiger partial charge in [0.25, 0.3) is 10.0 Å². The first-order valence-corrected chi connectivity index (χ1v) is 11.5. The monoisotopic (exact) mass is 454 g/mol. The average molecular weight is 455 g/mol. The topological polar surface area (TPSA) is 114 Å². The Bertz CT molecular complexity index is 1380. The predicted molar refractivity (Wildman–Crippen MR) is 108 cm³/mol. The molecule has 0 atom stereocenters. The zero-order valence-electron chi connectivity index (χ0n) is 16.3. The first-order valence-electron chi connectivity index (χ1n) is 8.66. The Morgan fingerprint density at radius 3 is 2.30 bits per heavy atom. The lowest BCUT2D eigenvalue weighted by Crippen LogP contribution is -2.23. The quantitative estimate of drug-likeness (QED) is 0.611. The number of carboxylic acids is 1. The molecular formula is C19H19FN2O6S2. The zero-order valence-corrected chi connectivity index (χ0v) is 18.0. The SMILES string of the molecule is Cc1c(CC(=O)O)c2cc(F)ccc2n1S(=O)(=O)c1cccc(S(=O)(=O)N(C)C)c1. The fourth-order valence-corrected chi connectivity index (χ4v) is 5.87. The molecule has 0 aliphatic carbocycles. The summed E-state index contributed by atoms with van der Waals surface area (Å²) in [5.74, 6) is -1.83. The molecular weight excluding hydrogens is 435 g/mol. The zero-order chi connectivity index (χ0) is 22.4. The Morgan fingerprint density at radius 1 is 1.07 bits per heavy atom. The molecule has 0 bridgehead atoms. The minimum absolute atomic E-state index is 0.103. The Hall–Kier alpha value is -2.76. The van der Waals surface area contributed by atoms with Crippen LogP contribution in [-0.4, -0.2) is 50.3 Å². The van der Waals surface area contributed by atoms with Crippen molar-refractivity contribution < 1.29 is 31.1 Å². The number of aromatic nitrogens is 1. The van der Waals surface area contributed by atoms with Gasteiger partial charge in [-0.1, -0.05) is 6.07 Å². The smallest absolute Gasteiger partial charge is 0.307 e. The molecule has 30 heavy (non-hydrogen) atoms. The second-order valence-electron chi connectivity index (χ2n) is 6.83. The van der Waals surface area contributed by atoms with Crippen molar-refractivity contribution in [2.24, 2.45) is 0 Å². The molecule has 3 aromatic rings. The number of hydrogen-bond donors (Lipinski definition) is 1. The molecule has 3 rings (SSSR count). The molecule has 8 nitrogen and oxygen atoms in total. The third-order valence-electron chi connectivity index (χ3n) is 4.69. The first kappa shape index (κ1) is 21.9. The van der Waals surface area contributed by atoms with Crippen LogP contribution in [0.5, 0.6) is 0 Å². The molecule has 0 saturated heterocycles. The summed E-state index contributed by atoms with van der Waals surface area (Å²) in [4.78, 5) is 10.8. The van der Waals surface area contributed by atoms with Gasteiger partial charge in [0.1, 0.15) is 5.82 Å². The second-order valence-corrected chi connectivity index (χ2v) is 10.8. The standard InChI is InChI=1S/C19H19FN2O6S2/c1-12-16(11-19(23)24)17-9-13(20)7-8-18(17)22(12)30(27,28)15-6-4-5-14(10-15)29(25,26)21(2)3/h4-10H,11H2,1-3H3,(H,23,24). The lowest BCUT2D eigenvalue weighted by Gasteiger charge is -2.14. The number of carbonyl (C=O) groups is 1. The van der Waals surface area contributed by atoms with Crippen LogP contribution < -0.4 is 0 Å². The van der Waals surface area contributed by atoms with Crippen molar-refractivity contribution in [1.82, 2.24) is 8.28 Å². The van der Waals surface area contributed by atoms with E-state index in [-0.39, 0.29) is 32.0 Å². The molecule has 0 aliphatic rings. The number of halogens is 1. The molecule has 0 amide bonds. The third-order valence-corrected chi connectivity index (χ3v) is 8.31. The fraction of sp³-hybridized carbons (Fsp3) is 0.211. The van der Waals surface area contributed by atoms with Crippen LogP contribution in [0, 0.1) is 12.7 Å². The lowest BCUT2D eigenvalue weighted by atomic mass is 10.1. The van der Waals surface area contributed by atoms with E-state index in [1.807, 2.05) is 0 Å². The van der Waals surface area contributed by atoms with E-state index < -0.39 is 38.3 Å². The Morgan fingerprint density at radius 2 is 1.70 bits per heavy atom. The summed E-state index contributed by atoms with van der Waals surface area (Å²) in [6, 6.07) is 8.28. The number of benzene rings is 2. The van der Waals surface area contributed by atoms with E-state index in [9.17, 15) is 31.1 Å². The number of fused-ring (bicyclic) bond motifs is 1. The van der Waals surface area contributed by atoms with Crippen LogP contribution >= 0.6 is 0 Å². The number of aliphatic carboxylic acids is 1. The molecule has 1 N–H and O–H groups in total. The van der Waals surface area contributed by atoms with Crippen molar-refractivity contribution in [3.8, 4) is 0 Å². The van der Waals surface area contributed by atoms with E-state index in [0.717, 1.165) is 26.5 Å². The van der Waals surface area contributed by atoms with Crippen molar-refractivity contribution >= 4 is 36.9 Å². The maximum absolute atomic E-state index is 13.8. The van der Waals surface area contributed by atoms with Gasteiger partial charge in [-0.3, -0.25) is 4.79 Å². The average Bonchev–Trinajstić information content (AvgIpc) is 2.93. The number of nitrogens with zero attached hydrogens (tertiary/aromatic N) is 2. The summed E-state index contributed by atoms with van der Waals surface area (Å²) in [5, 5.41) is 9.37. The number of carboxylic acid groups (broad SMARTS) is 1. The highest BCUT2D eigenvalue weighted by Crippen LogP contribution is 2.31. The van der Waals surface area contributed by atoms with Gasteiger partial charge in [-0.2, -0.15) is 0 Å². The normalized spacial score (nSPS) is 12.6. The van der Waals surface area contributed by atoms with E-state index in [0.29, 0.717) is 0 Å². The summed E-state index contributed by atoms with van der Waals surface area (Å²) in [6.45, 7) is 1.42. The van der Waals surface area contributed by atoms with Crippen molar-refractivity contribution in [3.05, 3.63) is 59.5 Å². The highest BCUT2D eigenvalue weighted by atomic mass is 32.2. The Balaban J connectivity index is 2.31. The van der Waals surface area contributed by atoms with Crippen LogP contribution in [0.3, 0.4) is 0 Å². The number of hydrogen-bond acceptors (Lipinski definition) is 5. The van der Waals surface area contributed by atoms with Crippen molar-refractivity contribution in [1.29, 1.82) is 0 Å². The van der Waals surface area contributed by atoms with Gasteiger partial charge in [0.05, 0.1) is 21.7 Å². The van der Waals surface area contributed by atoms with Gasteiger partial charge in [-0.15, -0.1) is 0 Å². The van der Waals surface area contributed by atoms with Crippen LogP contribution in [0.25, 0.3) is 10.9 Å². The van der Waals surface area contributed by atoms with Gasteiger partial charge in [0.15, 0.2) is 0 Å². The van der Waals surface area contributed by atoms with E-state index in [1.54, 1.807) is 0 Å². The summed E-state index contributed by atoms with van der Waals surface area (Å²) in [7, 11) is -5.54. The molecule has 0 saturated carbocycles. The van der Waals surface area contributed by atoms with Crippen LogP contribution in [0.15, 0.2) is 52.3 Å². The first-order chi connectivity index (χ1) is 13.9. The summed E-state index contributed by atoms with van der Waals surface area (Å²) in [5.41, 5.74) is 0.377. The maximum Gasteiger partial charge on any atom is 0.307 e. The molecule has 0 unspecified atom stereocenters. The van der Waals surface area contributed by atoms with Crippen LogP contribution in [0.1, 0.15) is 11.3 Å². The van der Waals surface area contributed by atoms with E-state index in [2.05, 4.69) is 0 Å². The molecule has 0 radical (unpaired) electrons. The molecule has 0 spiro atoms. The van der Waals surface area contributed by atoms with E-state index in [4.69, 9.17) is 0 Å². The lowest BCUT2D eigenvalue weighted by molar-refractivity contribution is -0.136. The van der Waals surface area contributed by atoms with Crippen molar-refractivity contribution in [2.45, 2.75) is 23.1 Å². The van der Waals surface area contributed by atoms with Crippen molar-refractivity contribution in [2.75, 3.05) is 14.1 Å². The summed E-state index contributed by atoms with van der Waals surface area (Å²) < 4.78 is 67.3. The van der Waals surface area contributed by atoms with Crippen molar-refractivity contribution in [3.63, 3.8) is 0 Å². The van der Waals surface area contributed by atoms with Gasteiger partial charge < -0.3 is 5.11 Å². The summed E-state index contributed by atoms with van der Waals surface area (Å²) in [6.07, 6.45) is -0.497. The van der Waals surface area contributed by atoms with Crippen LogP contribution in [0.2, 0.25) is 0 Å². The molecule has 160 valence electrons. The Labute approximate surface area is 173 Å². The highest BCUT2D eigenvalue weighted by Gasteiger charge is 2.28. The number of rotatable bonds is 6. The Kier molecular flexibility index (Phi) is 5.48. The van der Waals surface area contributed by atoms with Gasteiger partial charge in [0, 0.05) is 25.2 Å². The molecule has 0 aliphatic heterocycles. The predicted octanol–water partition coefficient (Wildman–Crippen LogP) is 2.20. The summed E-state index contributed by atoms with van der Waals surface area (Å²) >= 11 is 0. The van der Waals surface area contributed by atoms with Gasteiger partial charge in [-0.05, 0) is 48.9 Å². The van der Waals surface area contributed by atoms with Crippen LogP contribution in [0.4, 0.5) is 4.39 Å². The largest absolute Gasteiger partial charge is 0.481 e. The maximum atomic E-state index is 13.8. The molecule has 2 aromatic carbocycles. The molecule has 11 heteroatoms. The molecule has 1 aromatic heterocycles. The minimum Gasteiger partial charge on any atom is -0.481 e. The third kappa shape index (κ3) is 3.59. The van der Waals surface area contributed by atoms with Gasteiger partial charge >= 0.3 is 5.97 Å². The number of sulfonamides is 1. The van der Waals surface area contributed by atoms with Gasteiger partial charge in [0.2, 0.25) is 10.0 Å². The fourth-order valence-electron chi connectivity index (χ4n) is 3.22.